The van der Waals surface area contributed by atoms with E-state index in [1.807, 2.05) is 6.92 Å². The second-order valence-electron chi connectivity index (χ2n) is 7.49. The lowest BCUT2D eigenvalue weighted by molar-refractivity contribution is -0.0241. The van der Waals surface area contributed by atoms with Gasteiger partial charge in [-0.3, -0.25) is 4.90 Å². The SMILES string of the molecule is Cc1ccccc1C1CC(NC[C@](C)(O)CN2CCOCC2)C1. The van der Waals surface area contributed by atoms with Gasteiger partial charge in [0.1, 0.15) is 0 Å². The third-order valence-electron chi connectivity index (χ3n) is 5.21. The van der Waals surface area contributed by atoms with Crippen LogP contribution in [0.25, 0.3) is 0 Å². The zero-order valence-corrected chi connectivity index (χ0v) is 14.4. The molecular weight excluding hydrogens is 288 g/mol. The van der Waals surface area contributed by atoms with Gasteiger partial charge in [0.25, 0.3) is 0 Å². The highest BCUT2D eigenvalue weighted by molar-refractivity contribution is 5.31. The highest BCUT2D eigenvalue weighted by atomic mass is 16.5. The number of benzene rings is 1. The first-order chi connectivity index (χ1) is 11.0. The summed E-state index contributed by atoms with van der Waals surface area (Å²) in [6.45, 7) is 8.93. The smallest absolute Gasteiger partial charge is 0.0869 e. The molecule has 23 heavy (non-hydrogen) atoms. The molecule has 4 nitrogen and oxygen atoms in total. The van der Waals surface area contributed by atoms with E-state index in [1.54, 1.807) is 0 Å². The van der Waals surface area contributed by atoms with E-state index in [0.29, 0.717) is 18.5 Å². The molecule has 1 aromatic rings. The highest BCUT2D eigenvalue weighted by Gasteiger charge is 2.33. The van der Waals surface area contributed by atoms with E-state index in [9.17, 15) is 5.11 Å². The third kappa shape index (κ3) is 4.54. The minimum atomic E-state index is -0.676. The zero-order chi connectivity index (χ0) is 16.3. The molecule has 0 spiro atoms. The van der Waals surface area contributed by atoms with Gasteiger partial charge in [0.05, 0.1) is 18.8 Å². The Morgan fingerprint density at radius 2 is 1.96 bits per heavy atom. The van der Waals surface area contributed by atoms with Crippen molar-refractivity contribution < 1.29 is 9.84 Å². The van der Waals surface area contributed by atoms with Gasteiger partial charge in [0, 0.05) is 32.2 Å². The van der Waals surface area contributed by atoms with Crippen LogP contribution in [0.2, 0.25) is 0 Å². The molecule has 2 fully saturated rings. The molecule has 1 aliphatic heterocycles. The van der Waals surface area contributed by atoms with Crippen molar-refractivity contribution in [2.75, 3.05) is 39.4 Å². The van der Waals surface area contributed by atoms with E-state index < -0.39 is 5.60 Å². The van der Waals surface area contributed by atoms with Crippen molar-refractivity contribution in [3.05, 3.63) is 35.4 Å². The minimum Gasteiger partial charge on any atom is -0.388 e. The van der Waals surface area contributed by atoms with Crippen molar-refractivity contribution in [3.8, 4) is 0 Å². The second kappa shape index (κ2) is 7.31. The Morgan fingerprint density at radius 3 is 2.65 bits per heavy atom. The van der Waals surface area contributed by atoms with Gasteiger partial charge in [-0.1, -0.05) is 24.3 Å². The van der Waals surface area contributed by atoms with Crippen molar-refractivity contribution in [2.24, 2.45) is 0 Å². The van der Waals surface area contributed by atoms with Crippen LogP contribution >= 0.6 is 0 Å². The summed E-state index contributed by atoms with van der Waals surface area (Å²) in [4.78, 5) is 2.29. The molecule has 3 rings (SSSR count). The lowest BCUT2D eigenvalue weighted by Gasteiger charge is -2.40. The molecule has 4 heteroatoms. The number of aliphatic hydroxyl groups is 1. The summed E-state index contributed by atoms with van der Waals surface area (Å²) < 4.78 is 5.36. The average Bonchev–Trinajstić information content (AvgIpc) is 2.48. The molecule has 1 saturated carbocycles. The Morgan fingerprint density at radius 1 is 1.26 bits per heavy atom. The summed E-state index contributed by atoms with van der Waals surface area (Å²) in [6, 6.07) is 9.23. The Balaban J connectivity index is 1.40. The van der Waals surface area contributed by atoms with E-state index >= 15 is 0 Å². The molecule has 1 atom stereocenters. The van der Waals surface area contributed by atoms with Crippen LogP contribution in [0.3, 0.4) is 0 Å². The van der Waals surface area contributed by atoms with Gasteiger partial charge in [-0.2, -0.15) is 0 Å². The maximum atomic E-state index is 10.6. The predicted molar refractivity (Wildman–Crippen MR) is 92.8 cm³/mol. The first-order valence-corrected chi connectivity index (χ1v) is 8.85. The van der Waals surface area contributed by atoms with Crippen LogP contribution in [0.5, 0.6) is 0 Å². The van der Waals surface area contributed by atoms with Gasteiger partial charge in [0.2, 0.25) is 0 Å². The van der Waals surface area contributed by atoms with Crippen LogP contribution in [0.4, 0.5) is 0 Å². The van der Waals surface area contributed by atoms with Gasteiger partial charge in [0.15, 0.2) is 0 Å². The maximum absolute atomic E-state index is 10.6. The lowest BCUT2D eigenvalue weighted by Crippen LogP contribution is -2.53. The van der Waals surface area contributed by atoms with Crippen LogP contribution in [0.15, 0.2) is 24.3 Å². The highest BCUT2D eigenvalue weighted by Crippen LogP contribution is 2.38. The Kier molecular flexibility index (Phi) is 5.37. The van der Waals surface area contributed by atoms with Crippen molar-refractivity contribution in [2.45, 2.75) is 44.2 Å². The molecule has 0 unspecified atom stereocenters. The molecule has 0 amide bonds. The quantitative estimate of drug-likeness (QED) is 0.841. The summed E-state index contributed by atoms with van der Waals surface area (Å²) in [5, 5.41) is 14.2. The number of rotatable bonds is 6. The minimum absolute atomic E-state index is 0.538. The number of hydrogen-bond acceptors (Lipinski definition) is 4. The molecule has 1 heterocycles. The Hall–Kier alpha value is -0.940. The Labute approximate surface area is 139 Å². The fraction of sp³-hybridized carbons (Fsp3) is 0.684. The molecule has 0 bridgehead atoms. The monoisotopic (exact) mass is 318 g/mol. The number of nitrogens with zero attached hydrogens (tertiary/aromatic N) is 1. The fourth-order valence-corrected chi connectivity index (χ4v) is 3.74. The van der Waals surface area contributed by atoms with E-state index in [-0.39, 0.29) is 0 Å². The van der Waals surface area contributed by atoms with Crippen LogP contribution in [-0.4, -0.2) is 61.0 Å². The maximum Gasteiger partial charge on any atom is 0.0869 e. The lowest BCUT2D eigenvalue weighted by atomic mass is 9.74. The number of β-amino-alcohol motifs (C(OH)–C–C–N with tert-alkyl or cyclic N) is 1. The van der Waals surface area contributed by atoms with E-state index in [4.69, 9.17) is 4.74 Å². The van der Waals surface area contributed by atoms with E-state index in [0.717, 1.165) is 32.8 Å². The van der Waals surface area contributed by atoms with Crippen molar-refractivity contribution >= 4 is 0 Å². The van der Waals surface area contributed by atoms with Crippen LogP contribution in [-0.2, 0) is 4.74 Å². The standard InChI is InChI=1S/C19H30N2O2/c1-15-5-3-4-6-18(15)16-11-17(12-16)20-13-19(2,22)14-21-7-9-23-10-8-21/h3-6,16-17,20,22H,7-14H2,1-2H3/t16?,17?,19-/m0/s1. The average molecular weight is 318 g/mol. The Bertz CT molecular complexity index is 506. The van der Waals surface area contributed by atoms with Gasteiger partial charge in [-0.05, 0) is 43.7 Å². The molecule has 0 radical (unpaired) electrons. The van der Waals surface area contributed by atoms with Crippen molar-refractivity contribution in [1.82, 2.24) is 10.2 Å². The third-order valence-corrected chi connectivity index (χ3v) is 5.21. The van der Waals surface area contributed by atoms with Crippen molar-refractivity contribution in [3.63, 3.8) is 0 Å². The molecule has 1 aromatic carbocycles. The first kappa shape index (κ1) is 16.9. The molecule has 128 valence electrons. The van der Waals surface area contributed by atoms with Crippen LogP contribution in [0, 0.1) is 6.92 Å². The van der Waals surface area contributed by atoms with Crippen molar-refractivity contribution in [1.29, 1.82) is 0 Å². The van der Waals surface area contributed by atoms with E-state index in [1.165, 1.54) is 24.0 Å². The molecule has 0 aromatic heterocycles. The number of hydrogen-bond donors (Lipinski definition) is 2. The molecule has 2 aliphatic rings. The zero-order valence-electron chi connectivity index (χ0n) is 14.4. The van der Waals surface area contributed by atoms with Gasteiger partial charge in [-0.15, -0.1) is 0 Å². The fourth-order valence-electron chi connectivity index (χ4n) is 3.74. The number of morpholine rings is 1. The molecule has 2 N–H and O–H groups in total. The topological polar surface area (TPSA) is 44.7 Å². The predicted octanol–water partition coefficient (Wildman–Crippen LogP) is 1.91. The number of nitrogens with one attached hydrogen (secondary N) is 1. The molecule has 1 aliphatic carbocycles. The summed E-state index contributed by atoms with van der Waals surface area (Å²) in [6.07, 6.45) is 2.36. The summed E-state index contributed by atoms with van der Waals surface area (Å²) in [7, 11) is 0. The largest absolute Gasteiger partial charge is 0.388 e. The number of ether oxygens (including phenoxy) is 1. The molecular formula is C19H30N2O2. The first-order valence-electron chi connectivity index (χ1n) is 8.85. The second-order valence-corrected chi connectivity index (χ2v) is 7.49. The van der Waals surface area contributed by atoms with E-state index in [2.05, 4.69) is 41.4 Å². The normalized spacial score (nSPS) is 28.1. The van der Waals surface area contributed by atoms with Crippen LogP contribution in [0.1, 0.15) is 36.8 Å². The summed E-state index contributed by atoms with van der Waals surface area (Å²) in [5.74, 6) is 0.679. The van der Waals surface area contributed by atoms with Crippen LogP contribution < -0.4 is 5.32 Å². The van der Waals surface area contributed by atoms with Gasteiger partial charge in [-0.25, -0.2) is 0 Å². The summed E-state index contributed by atoms with van der Waals surface area (Å²) >= 11 is 0. The summed E-state index contributed by atoms with van der Waals surface area (Å²) in [5.41, 5.74) is 2.21. The van der Waals surface area contributed by atoms with Gasteiger partial charge < -0.3 is 15.2 Å². The van der Waals surface area contributed by atoms with Gasteiger partial charge >= 0.3 is 0 Å². The molecule has 1 saturated heterocycles. The number of aryl methyl sites for hydroxylation is 1.